The van der Waals surface area contributed by atoms with Gasteiger partial charge in [0.2, 0.25) is 5.91 Å². The quantitative estimate of drug-likeness (QED) is 0.219. The molecule has 0 aliphatic carbocycles. The highest BCUT2D eigenvalue weighted by atomic mass is 16.2. The highest BCUT2D eigenvalue weighted by molar-refractivity contribution is 5.76. The monoisotopic (exact) mass is 363 g/mol. The van der Waals surface area contributed by atoms with E-state index in [0.717, 1.165) is 19.4 Å². The summed E-state index contributed by atoms with van der Waals surface area (Å²) in [4.78, 5) is 14.4. The van der Waals surface area contributed by atoms with Gasteiger partial charge < -0.3 is 4.90 Å². The van der Waals surface area contributed by atoms with E-state index >= 15 is 0 Å². The molecular formula is C24H45NO. The average Bonchev–Trinajstić information content (AvgIpc) is 2.65. The summed E-state index contributed by atoms with van der Waals surface area (Å²) >= 11 is 0. The molecule has 0 N–H and O–H groups in total. The third kappa shape index (κ3) is 11.8. The average molecular weight is 364 g/mol. The summed E-state index contributed by atoms with van der Waals surface area (Å²) in [7, 11) is 0. The summed E-state index contributed by atoms with van der Waals surface area (Å²) in [5.41, 5.74) is 0. The minimum Gasteiger partial charge on any atom is -0.340 e. The Hall–Kier alpha value is -0.790. The molecule has 1 amide bonds. The number of piperidine rings is 1. The van der Waals surface area contributed by atoms with Crippen LogP contribution >= 0.6 is 0 Å². The van der Waals surface area contributed by atoms with Crippen LogP contribution in [-0.2, 0) is 4.79 Å². The van der Waals surface area contributed by atoms with Crippen molar-refractivity contribution in [1.82, 2.24) is 4.90 Å². The van der Waals surface area contributed by atoms with Crippen molar-refractivity contribution in [2.45, 2.75) is 129 Å². The normalized spacial score (nSPS) is 17.9. The van der Waals surface area contributed by atoms with Gasteiger partial charge in [-0.3, -0.25) is 4.79 Å². The molecule has 1 aliphatic heterocycles. The van der Waals surface area contributed by atoms with Gasteiger partial charge >= 0.3 is 0 Å². The van der Waals surface area contributed by atoms with Crippen LogP contribution in [0.1, 0.15) is 123 Å². The number of carbonyl (C=O) groups excluding carboxylic acids is 1. The summed E-state index contributed by atoms with van der Waals surface area (Å²) in [6.45, 7) is 5.47. The van der Waals surface area contributed by atoms with E-state index in [1.54, 1.807) is 0 Å². The van der Waals surface area contributed by atoms with Gasteiger partial charge in [-0.2, -0.15) is 0 Å². The van der Waals surface area contributed by atoms with Crippen LogP contribution in [0.2, 0.25) is 0 Å². The van der Waals surface area contributed by atoms with Crippen LogP contribution in [0.3, 0.4) is 0 Å². The van der Waals surface area contributed by atoms with E-state index < -0.39 is 0 Å². The van der Waals surface area contributed by atoms with Crippen molar-refractivity contribution in [1.29, 1.82) is 0 Å². The van der Waals surface area contributed by atoms with E-state index in [4.69, 9.17) is 0 Å². The van der Waals surface area contributed by atoms with Gasteiger partial charge in [0.05, 0.1) is 0 Å². The fraction of sp³-hybridized carbons (Fsp3) is 0.875. The minimum atomic E-state index is 0.398. The Balaban J connectivity index is 1.84. The number of unbranched alkanes of at least 4 members (excludes halogenated alkanes) is 11. The maximum Gasteiger partial charge on any atom is 0.222 e. The molecule has 1 atom stereocenters. The smallest absolute Gasteiger partial charge is 0.222 e. The van der Waals surface area contributed by atoms with Gasteiger partial charge in [0.15, 0.2) is 0 Å². The summed E-state index contributed by atoms with van der Waals surface area (Å²) in [5.74, 6) is 0.398. The zero-order valence-corrected chi connectivity index (χ0v) is 17.8. The molecule has 26 heavy (non-hydrogen) atoms. The molecule has 2 nitrogen and oxygen atoms in total. The third-order valence-electron chi connectivity index (χ3n) is 5.78. The minimum absolute atomic E-state index is 0.398. The molecule has 1 rings (SSSR count). The van der Waals surface area contributed by atoms with Crippen molar-refractivity contribution < 1.29 is 4.79 Å². The number of rotatable bonds is 15. The second kappa shape index (κ2) is 16.4. The molecule has 0 saturated carbocycles. The van der Waals surface area contributed by atoms with Crippen LogP contribution in [0.5, 0.6) is 0 Å². The first-order valence-electron chi connectivity index (χ1n) is 11.7. The highest BCUT2D eigenvalue weighted by Gasteiger charge is 2.22. The molecule has 2 heteroatoms. The van der Waals surface area contributed by atoms with E-state index in [-0.39, 0.29) is 0 Å². The van der Waals surface area contributed by atoms with Crippen LogP contribution in [0.15, 0.2) is 12.2 Å². The van der Waals surface area contributed by atoms with Crippen molar-refractivity contribution >= 4 is 5.91 Å². The highest BCUT2D eigenvalue weighted by Crippen LogP contribution is 2.18. The first kappa shape index (κ1) is 23.2. The van der Waals surface area contributed by atoms with Gasteiger partial charge in [0, 0.05) is 19.0 Å². The molecule has 1 saturated heterocycles. The Labute approximate surface area is 163 Å². The second-order valence-corrected chi connectivity index (χ2v) is 8.27. The van der Waals surface area contributed by atoms with E-state index in [0.29, 0.717) is 11.9 Å². The molecule has 0 aromatic carbocycles. The molecule has 1 fully saturated rings. The Bertz CT molecular complexity index is 363. The van der Waals surface area contributed by atoms with Gasteiger partial charge in [0.25, 0.3) is 0 Å². The lowest BCUT2D eigenvalue weighted by Gasteiger charge is -2.33. The molecule has 0 aromatic rings. The van der Waals surface area contributed by atoms with E-state index in [1.807, 2.05) is 0 Å². The zero-order valence-electron chi connectivity index (χ0n) is 17.8. The first-order valence-corrected chi connectivity index (χ1v) is 11.7. The number of hydrogen-bond acceptors (Lipinski definition) is 1. The molecular weight excluding hydrogens is 318 g/mol. The Morgan fingerprint density at radius 3 is 2.04 bits per heavy atom. The summed E-state index contributed by atoms with van der Waals surface area (Å²) in [5, 5.41) is 0. The van der Waals surface area contributed by atoms with E-state index in [2.05, 4.69) is 30.9 Å². The maximum absolute atomic E-state index is 12.3. The van der Waals surface area contributed by atoms with Crippen molar-refractivity contribution in [3.63, 3.8) is 0 Å². The lowest BCUT2D eigenvalue weighted by Crippen LogP contribution is -2.41. The van der Waals surface area contributed by atoms with Crippen LogP contribution in [-0.4, -0.2) is 23.4 Å². The standard InChI is InChI=1S/C24H45NO/c1-3-4-5-6-7-8-9-10-11-12-13-14-15-16-17-21-24(26)25-22-19-18-20-23(25)2/h10-11,23H,3-9,12-22H2,1-2H3/b11-10-. The topological polar surface area (TPSA) is 20.3 Å². The van der Waals surface area contributed by atoms with E-state index in [9.17, 15) is 4.79 Å². The molecule has 152 valence electrons. The van der Waals surface area contributed by atoms with Gasteiger partial charge in [-0.15, -0.1) is 0 Å². The van der Waals surface area contributed by atoms with Crippen molar-refractivity contribution in [2.75, 3.05) is 6.54 Å². The largest absolute Gasteiger partial charge is 0.340 e. The SMILES string of the molecule is CCCCCCCC/C=C\CCCCCCCC(=O)N1CCCCC1C. The predicted octanol–water partition coefficient (Wildman–Crippen LogP) is 7.42. The van der Waals surface area contributed by atoms with Crippen LogP contribution in [0, 0.1) is 0 Å². The van der Waals surface area contributed by atoms with Crippen molar-refractivity contribution in [2.24, 2.45) is 0 Å². The predicted molar refractivity (Wildman–Crippen MR) is 114 cm³/mol. The molecule has 0 spiro atoms. The number of hydrogen-bond donors (Lipinski definition) is 0. The lowest BCUT2D eigenvalue weighted by atomic mass is 10.0. The number of allylic oxidation sites excluding steroid dienone is 2. The Morgan fingerprint density at radius 1 is 0.846 bits per heavy atom. The molecule has 1 heterocycles. The second-order valence-electron chi connectivity index (χ2n) is 8.27. The summed E-state index contributed by atoms with van der Waals surface area (Å²) in [6.07, 6.45) is 26.3. The number of amides is 1. The third-order valence-corrected chi connectivity index (χ3v) is 5.78. The lowest BCUT2D eigenvalue weighted by molar-refractivity contribution is -0.134. The number of likely N-dealkylation sites (tertiary alicyclic amines) is 1. The van der Waals surface area contributed by atoms with Gasteiger partial charge in [0.1, 0.15) is 0 Å². The number of nitrogens with zero attached hydrogens (tertiary/aromatic N) is 1. The van der Waals surface area contributed by atoms with Gasteiger partial charge in [-0.25, -0.2) is 0 Å². The first-order chi connectivity index (χ1) is 12.8. The maximum atomic E-state index is 12.3. The van der Waals surface area contributed by atoms with E-state index in [1.165, 1.54) is 96.3 Å². The fourth-order valence-corrected chi connectivity index (χ4v) is 3.96. The van der Waals surface area contributed by atoms with Gasteiger partial charge in [-0.05, 0) is 58.3 Å². The zero-order chi connectivity index (χ0) is 18.9. The Morgan fingerprint density at radius 2 is 1.42 bits per heavy atom. The molecule has 0 bridgehead atoms. The summed E-state index contributed by atoms with van der Waals surface area (Å²) < 4.78 is 0. The van der Waals surface area contributed by atoms with Gasteiger partial charge in [-0.1, -0.05) is 70.4 Å². The van der Waals surface area contributed by atoms with Crippen molar-refractivity contribution in [3.8, 4) is 0 Å². The molecule has 0 aromatic heterocycles. The van der Waals surface area contributed by atoms with Crippen LogP contribution in [0.4, 0.5) is 0 Å². The fourth-order valence-electron chi connectivity index (χ4n) is 3.96. The molecule has 0 radical (unpaired) electrons. The Kier molecular flexibility index (Phi) is 14.7. The molecule has 1 aliphatic rings. The van der Waals surface area contributed by atoms with Crippen LogP contribution < -0.4 is 0 Å². The molecule has 1 unspecified atom stereocenters. The number of carbonyl (C=O) groups is 1. The van der Waals surface area contributed by atoms with Crippen molar-refractivity contribution in [3.05, 3.63) is 12.2 Å². The van der Waals surface area contributed by atoms with Crippen LogP contribution in [0.25, 0.3) is 0 Å². The summed E-state index contributed by atoms with van der Waals surface area (Å²) in [6, 6.07) is 0.472.